The van der Waals surface area contributed by atoms with E-state index in [0.717, 1.165) is 19.3 Å². The minimum Gasteiger partial charge on any atom is -0.203 e. The first-order chi connectivity index (χ1) is 15.5. The molecule has 4 aliphatic rings. The fraction of sp³-hybridized carbons (Fsp3) is 0.455. The summed E-state index contributed by atoms with van der Waals surface area (Å²) in [5, 5.41) is -4.35. The zero-order valence-electron chi connectivity index (χ0n) is 16.7. The maximum absolute atomic E-state index is 15.0. The molecule has 11 heteroatoms. The van der Waals surface area contributed by atoms with E-state index in [9.17, 15) is 43.9 Å². The number of hydrogen-bond acceptors (Lipinski definition) is 0. The van der Waals surface area contributed by atoms with Gasteiger partial charge in [0.05, 0.1) is 10.6 Å². The second-order valence-corrected chi connectivity index (χ2v) is 11.8. The van der Waals surface area contributed by atoms with Gasteiger partial charge in [0.2, 0.25) is 11.6 Å². The molecule has 0 aromatic heterocycles. The molecule has 4 aliphatic carbocycles. The summed E-state index contributed by atoms with van der Waals surface area (Å²) < 4.78 is 144. The molecule has 178 valence electrons. The van der Waals surface area contributed by atoms with Gasteiger partial charge in [0.1, 0.15) is 0 Å². The van der Waals surface area contributed by atoms with Crippen molar-refractivity contribution >= 4 is 18.5 Å². The van der Waals surface area contributed by atoms with Crippen molar-refractivity contribution in [3.8, 4) is 0 Å². The van der Waals surface area contributed by atoms with E-state index in [0.29, 0.717) is 0 Å². The van der Waals surface area contributed by atoms with Gasteiger partial charge < -0.3 is 0 Å². The molecule has 0 N–H and O–H groups in total. The third kappa shape index (κ3) is 3.15. The van der Waals surface area contributed by atoms with Gasteiger partial charge in [0, 0.05) is 0 Å². The molecule has 33 heavy (non-hydrogen) atoms. The van der Waals surface area contributed by atoms with Gasteiger partial charge in [-0.3, -0.25) is 0 Å². The summed E-state index contributed by atoms with van der Waals surface area (Å²) in [6, 6.07) is 0. The molecule has 4 fully saturated rings. The Bertz CT molecular complexity index is 1010. The summed E-state index contributed by atoms with van der Waals surface area (Å²) in [6.45, 7) is 0. The van der Waals surface area contributed by atoms with Gasteiger partial charge in [-0.15, -0.1) is 0 Å². The minimum absolute atomic E-state index is 0.0243. The van der Waals surface area contributed by atoms with Gasteiger partial charge in [-0.1, -0.05) is 0 Å². The molecule has 0 spiro atoms. The minimum atomic E-state index is -3.19. The van der Waals surface area contributed by atoms with E-state index in [1.807, 2.05) is 0 Å². The zero-order valence-corrected chi connectivity index (χ0v) is 17.6. The van der Waals surface area contributed by atoms with Crippen LogP contribution in [0.25, 0.3) is 0 Å². The summed E-state index contributed by atoms with van der Waals surface area (Å²) in [7, 11) is -3.19. The topological polar surface area (TPSA) is 0 Å². The van der Waals surface area contributed by atoms with Crippen molar-refractivity contribution < 1.29 is 43.9 Å². The lowest BCUT2D eigenvalue weighted by atomic mass is 9.56. The van der Waals surface area contributed by atoms with E-state index in [4.69, 9.17) is 0 Å². The lowest BCUT2D eigenvalue weighted by Crippen LogP contribution is -2.53. The van der Waals surface area contributed by atoms with Crippen molar-refractivity contribution in [1.82, 2.24) is 0 Å². The summed E-state index contributed by atoms with van der Waals surface area (Å²) in [4.78, 5) is 0. The first kappa shape index (κ1) is 22.9. The van der Waals surface area contributed by atoms with Gasteiger partial charge >= 0.3 is 0 Å². The molecule has 2 aromatic rings. The average molecular weight is 500 g/mol. The average Bonchev–Trinajstić information content (AvgIpc) is 2.77. The third-order valence-corrected chi connectivity index (χ3v) is 10.5. The second-order valence-electron chi connectivity index (χ2n) is 9.31. The molecule has 0 amide bonds. The van der Waals surface area contributed by atoms with Crippen LogP contribution in [0.2, 0.25) is 0 Å². The normalized spacial score (nSPS) is 28.3. The quantitative estimate of drug-likeness (QED) is 0.196. The van der Waals surface area contributed by atoms with Crippen molar-refractivity contribution in [3.63, 3.8) is 0 Å². The van der Waals surface area contributed by atoms with Crippen LogP contribution < -0.4 is 10.6 Å². The van der Waals surface area contributed by atoms with Crippen molar-refractivity contribution in [3.05, 3.63) is 58.2 Å². The van der Waals surface area contributed by atoms with Crippen LogP contribution in [-0.4, -0.2) is 5.16 Å². The van der Waals surface area contributed by atoms with Crippen LogP contribution in [0.3, 0.4) is 0 Å². The summed E-state index contributed by atoms with van der Waals surface area (Å²) >= 11 is 0. The fourth-order valence-electron chi connectivity index (χ4n) is 6.50. The van der Waals surface area contributed by atoms with E-state index in [1.165, 1.54) is 0 Å². The van der Waals surface area contributed by atoms with Gasteiger partial charge in [0.25, 0.3) is 0 Å². The Balaban J connectivity index is 1.86. The monoisotopic (exact) mass is 500 g/mol. The largest absolute Gasteiger partial charge is 0.203 e. The van der Waals surface area contributed by atoms with E-state index in [2.05, 4.69) is 0 Å². The molecular formula is C22H15F10P. The summed E-state index contributed by atoms with van der Waals surface area (Å²) in [5.41, 5.74) is 0. The molecule has 0 unspecified atom stereocenters. The number of hydrogen-bond donors (Lipinski definition) is 0. The van der Waals surface area contributed by atoms with Crippen LogP contribution in [0, 0.1) is 75.9 Å². The smallest absolute Gasteiger partial charge is 0.200 e. The second kappa shape index (κ2) is 7.59. The van der Waals surface area contributed by atoms with Crippen LogP contribution in [0.5, 0.6) is 0 Å². The zero-order chi connectivity index (χ0) is 24.0. The molecule has 0 heterocycles. The highest BCUT2D eigenvalue weighted by atomic mass is 31.1. The van der Waals surface area contributed by atoms with Crippen LogP contribution in [-0.2, 0) is 0 Å². The molecular weight excluding hydrogens is 485 g/mol. The van der Waals surface area contributed by atoms with Crippen LogP contribution in [0.1, 0.15) is 38.5 Å². The molecule has 4 bridgehead atoms. The molecule has 4 saturated carbocycles. The SMILES string of the molecule is Fc1c(F)c(F)c(P(c2c(F)c(F)c(F)c(F)c2F)C23CC4CC(CC(C4)C2)C3)c(F)c1F. The Hall–Kier alpha value is -1.83. The third-order valence-electron chi connectivity index (χ3n) is 7.30. The van der Waals surface area contributed by atoms with E-state index < -0.39 is 81.9 Å². The number of benzene rings is 2. The molecule has 0 atom stereocenters. The van der Waals surface area contributed by atoms with Crippen LogP contribution in [0.15, 0.2) is 0 Å². The highest BCUT2D eigenvalue weighted by molar-refractivity contribution is 7.74. The summed E-state index contributed by atoms with van der Waals surface area (Å²) in [6.07, 6.45) is 2.63. The molecule has 2 aromatic carbocycles. The van der Waals surface area contributed by atoms with Crippen molar-refractivity contribution in [1.29, 1.82) is 0 Å². The van der Waals surface area contributed by atoms with Gasteiger partial charge in [-0.2, -0.15) is 0 Å². The fourth-order valence-corrected chi connectivity index (χ4v) is 10.2. The Morgan fingerprint density at radius 3 is 0.939 bits per heavy atom. The maximum atomic E-state index is 15.0. The number of rotatable bonds is 3. The van der Waals surface area contributed by atoms with E-state index in [-0.39, 0.29) is 37.0 Å². The van der Waals surface area contributed by atoms with Crippen molar-refractivity contribution in [2.45, 2.75) is 43.7 Å². The lowest BCUT2D eigenvalue weighted by molar-refractivity contribution is 0.0363. The molecule has 6 rings (SSSR count). The molecule has 0 nitrogen and oxygen atoms in total. The summed E-state index contributed by atoms with van der Waals surface area (Å²) in [5.74, 6) is -23.6. The van der Waals surface area contributed by atoms with Gasteiger partial charge in [-0.25, -0.2) is 43.9 Å². The van der Waals surface area contributed by atoms with E-state index >= 15 is 0 Å². The van der Waals surface area contributed by atoms with Crippen molar-refractivity contribution in [2.24, 2.45) is 17.8 Å². The standard InChI is InChI=1S/C22H15F10P/c23-10-12(25)16(29)20(17(30)13(10)26)33(21-18(31)14(27)11(24)15(28)19(21)32)22-4-7-1-8(5-22)3-9(2-7)6-22/h7-9H,1-6H2. The van der Waals surface area contributed by atoms with Crippen LogP contribution in [0.4, 0.5) is 43.9 Å². The van der Waals surface area contributed by atoms with Crippen LogP contribution >= 0.6 is 7.92 Å². The van der Waals surface area contributed by atoms with Gasteiger partial charge in [-0.05, 0) is 69.4 Å². The maximum Gasteiger partial charge on any atom is 0.200 e. The predicted octanol–water partition coefficient (Wildman–Crippen LogP) is 6.48. The highest BCUT2D eigenvalue weighted by Crippen LogP contribution is 2.68. The molecule has 0 radical (unpaired) electrons. The van der Waals surface area contributed by atoms with Gasteiger partial charge in [0.15, 0.2) is 46.5 Å². The number of halogens is 10. The first-order valence-corrected chi connectivity index (χ1v) is 11.6. The first-order valence-electron chi connectivity index (χ1n) is 10.3. The van der Waals surface area contributed by atoms with E-state index in [1.54, 1.807) is 0 Å². The Morgan fingerprint density at radius 2 is 0.667 bits per heavy atom. The molecule has 0 saturated heterocycles. The Kier molecular flexibility index (Phi) is 5.27. The Morgan fingerprint density at radius 1 is 0.424 bits per heavy atom. The predicted molar refractivity (Wildman–Crippen MR) is 99.6 cm³/mol. The van der Waals surface area contributed by atoms with Crippen molar-refractivity contribution in [2.75, 3.05) is 0 Å². The highest BCUT2D eigenvalue weighted by Gasteiger charge is 2.57. The Labute approximate surface area is 182 Å². The lowest BCUT2D eigenvalue weighted by Gasteiger charge is -2.59. The molecule has 0 aliphatic heterocycles.